The molecule has 0 atom stereocenters. The van der Waals surface area contributed by atoms with Gasteiger partial charge in [-0.1, -0.05) is 30.3 Å². The Morgan fingerprint density at radius 1 is 1.03 bits per heavy atom. The average molecular weight is 449 g/mol. The Morgan fingerprint density at radius 2 is 1.67 bits per heavy atom. The van der Waals surface area contributed by atoms with Crippen molar-refractivity contribution in [3.8, 4) is 0 Å². The standard InChI is InChI=1S/C25H32N6O2/c1-29(2)25(19-7-5-4-6-8-19)13-11-24(12-14-25)17-31(23(33)28-24)20-15-26-22(27-16-20)30(3)21(32)18-9-10-18/h4-8,15-16,18H,9-14,17H2,1-3H3,(H,28,33). The van der Waals surface area contributed by atoms with Crippen LogP contribution in [0.3, 0.4) is 0 Å². The summed E-state index contributed by atoms with van der Waals surface area (Å²) in [7, 11) is 6.00. The van der Waals surface area contributed by atoms with Crippen LogP contribution in [0.4, 0.5) is 16.4 Å². The third-order valence-corrected chi connectivity index (χ3v) is 7.77. The van der Waals surface area contributed by atoms with Crippen molar-refractivity contribution in [1.29, 1.82) is 0 Å². The molecule has 3 aliphatic rings. The monoisotopic (exact) mass is 448 g/mol. The highest BCUT2D eigenvalue weighted by Crippen LogP contribution is 2.46. The number of urea groups is 1. The molecule has 1 spiro atoms. The summed E-state index contributed by atoms with van der Waals surface area (Å²) in [6.45, 7) is 0.601. The van der Waals surface area contributed by atoms with E-state index >= 15 is 0 Å². The van der Waals surface area contributed by atoms with Gasteiger partial charge in [0.1, 0.15) is 0 Å². The largest absolute Gasteiger partial charge is 0.330 e. The second-order valence-electron chi connectivity index (χ2n) is 10.0. The minimum absolute atomic E-state index is 0.0197. The van der Waals surface area contributed by atoms with Crippen molar-refractivity contribution in [3.05, 3.63) is 48.3 Å². The number of hydrogen-bond acceptors (Lipinski definition) is 5. The fourth-order valence-corrected chi connectivity index (χ4v) is 5.41. The SMILES string of the molecule is CN(C(=O)C1CC1)c1ncc(N2CC3(CCC(c4ccccc4)(N(C)C)CC3)NC2=O)cn1. The third-order valence-electron chi connectivity index (χ3n) is 7.77. The van der Waals surface area contributed by atoms with Gasteiger partial charge in [-0.05, 0) is 58.2 Å². The first-order valence-corrected chi connectivity index (χ1v) is 11.8. The molecule has 8 heteroatoms. The van der Waals surface area contributed by atoms with Gasteiger partial charge in [-0.25, -0.2) is 14.8 Å². The van der Waals surface area contributed by atoms with Crippen molar-refractivity contribution in [2.75, 3.05) is 37.5 Å². The van der Waals surface area contributed by atoms with Crippen molar-refractivity contribution in [2.45, 2.75) is 49.6 Å². The zero-order valence-electron chi connectivity index (χ0n) is 19.6. The first kappa shape index (κ1) is 21.8. The highest BCUT2D eigenvalue weighted by Gasteiger charge is 2.50. The maximum atomic E-state index is 12.9. The topological polar surface area (TPSA) is 81.7 Å². The van der Waals surface area contributed by atoms with Crippen LogP contribution in [0.1, 0.15) is 44.1 Å². The van der Waals surface area contributed by atoms with Gasteiger partial charge in [0.25, 0.3) is 0 Å². The highest BCUT2D eigenvalue weighted by atomic mass is 16.2. The number of rotatable bonds is 5. The van der Waals surface area contributed by atoms with Crippen LogP contribution in [0, 0.1) is 5.92 Å². The summed E-state index contributed by atoms with van der Waals surface area (Å²) in [6.07, 6.45) is 8.93. The Kier molecular flexibility index (Phi) is 5.35. The number of benzene rings is 1. The van der Waals surface area contributed by atoms with Gasteiger partial charge in [0.2, 0.25) is 11.9 Å². The van der Waals surface area contributed by atoms with Crippen LogP contribution in [0.25, 0.3) is 0 Å². The van der Waals surface area contributed by atoms with Crippen molar-refractivity contribution in [1.82, 2.24) is 20.2 Å². The van der Waals surface area contributed by atoms with Crippen molar-refractivity contribution < 1.29 is 9.59 Å². The van der Waals surface area contributed by atoms with E-state index in [4.69, 9.17) is 0 Å². The van der Waals surface area contributed by atoms with Crippen LogP contribution in [0.5, 0.6) is 0 Å². The van der Waals surface area contributed by atoms with Gasteiger partial charge in [0, 0.05) is 18.5 Å². The molecule has 0 unspecified atom stereocenters. The maximum Gasteiger partial charge on any atom is 0.322 e. The molecule has 1 aromatic heterocycles. The predicted octanol–water partition coefficient (Wildman–Crippen LogP) is 3.15. The molecule has 174 valence electrons. The van der Waals surface area contributed by atoms with Crippen molar-refractivity contribution in [3.63, 3.8) is 0 Å². The second-order valence-corrected chi connectivity index (χ2v) is 10.0. The lowest BCUT2D eigenvalue weighted by Crippen LogP contribution is -2.54. The molecule has 0 radical (unpaired) electrons. The van der Waals surface area contributed by atoms with E-state index in [0.29, 0.717) is 18.2 Å². The molecule has 8 nitrogen and oxygen atoms in total. The van der Waals surface area contributed by atoms with Crippen LogP contribution < -0.4 is 15.1 Å². The number of amides is 3. The van der Waals surface area contributed by atoms with Gasteiger partial charge >= 0.3 is 6.03 Å². The third kappa shape index (κ3) is 3.86. The fourth-order valence-electron chi connectivity index (χ4n) is 5.41. The Labute approximate surface area is 195 Å². The Bertz CT molecular complexity index is 1030. The number of carbonyl (C=O) groups excluding carboxylic acids is 2. The minimum atomic E-state index is -0.247. The number of carbonyl (C=O) groups is 2. The zero-order chi connectivity index (χ0) is 23.2. The molecular formula is C25H32N6O2. The van der Waals surface area contributed by atoms with Gasteiger partial charge < -0.3 is 5.32 Å². The van der Waals surface area contributed by atoms with Gasteiger partial charge in [0.05, 0.1) is 30.2 Å². The molecule has 5 rings (SSSR count). The number of anilines is 2. The van der Waals surface area contributed by atoms with E-state index in [0.717, 1.165) is 38.5 Å². The highest BCUT2D eigenvalue weighted by molar-refractivity contribution is 5.96. The average Bonchev–Trinajstić information content (AvgIpc) is 3.63. The molecule has 0 bridgehead atoms. The lowest BCUT2D eigenvalue weighted by atomic mass is 9.69. The summed E-state index contributed by atoms with van der Waals surface area (Å²) in [5.41, 5.74) is 1.73. The van der Waals surface area contributed by atoms with Gasteiger partial charge in [0.15, 0.2) is 0 Å². The molecule has 2 heterocycles. The normalized spacial score (nSPS) is 27.2. The van der Waals surface area contributed by atoms with E-state index < -0.39 is 0 Å². The molecule has 1 aliphatic heterocycles. The summed E-state index contributed by atoms with van der Waals surface area (Å²) in [5, 5.41) is 3.27. The first-order chi connectivity index (χ1) is 15.8. The first-order valence-electron chi connectivity index (χ1n) is 11.8. The van der Waals surface area contributed by atoms with Crippen molar-refractivity contribution >= 4 is 23.6 Å². The molecule has 3 fully saturated rings. The van der Waals surface area contributed by atoms with Gasteiger partial charge in [-0.2, -0.15) is 0 Å². The Hall–Kier alpha value is -3.00. The predicted molar refractivity (Wildman–Crippen MR) is 127 cm³/mol. The lowest BCUT2D eigenvalue weighted by molar-refractivity contribution is -0.119. The van der Waals surface area contributed by atoms with Crippen LogP contribution in [0.15, 0.2) is 42.7 Å². The molecule has 2 saturated carbocycles. The van der Waals surface area contributed by atoms with E-state index in [9.17, 15) is 9.59 Å². The van der Waals surface area contributed by atoms with Crippen LogP contribution in [-0.4, -0.2) is 60.0 Å². The van der Waals surface area contributed by atoms with E-state index in [2.05, 4.69) is 64.6 Å². The smallest absolute Gasteiger partial charge is 0.322 e. The number of nitrogens with zero attached hydrogens (tertiary/aromatic N) is 5. The van der Waals surface area contributed by atoms with E-state index in [1.807, 2.05) is 0 Å². The molecule has 2 aromatic rings. The molecule has 3 amide bonds. The van der Waals surface area contributed by atoms with E-state index in [1.165, 1.54) is 10.5 Å². The number of nitrogens with one attached hydrogen (secondary N) is 1. The molecule has 1 aromatic carbocycles. The molecule has 1 saturated heterocycles. The minimum Gasteiger partial charge on any atom is -0.330 e. The Balaban J connectivity index is 1.29. The summed E-state index contributed by atoms with van der Waals surface area (Å²) in [5.74, 6) is 0.547. The Morgan fingerprint density at radius 3 is 2.24 bits per heavy atom. The summed E-state index contributed by atoms with van der Waals surface area (Å²) >= 11 is 0. The molecule has 1 N–H and O–H groups in total. The second kappa shape index (κ2) is 8.09. The van der Waals surface area contributed by atoms with Crippen molar-refractivity contribution in [2.24, 2.45) is 5.92 Å². The number of hydrogen-bond donors (Lipinski definition) is 1. The van der Waals surface area contributed by atoms with Gasteiger partial charge in [-0.15, -0.1) is 0 Å². The van der Waals surface area contributed by atoms with Crippen LogP contribution in [0.2, 0.25) is 0 Å². The summed E-state index contributed by atoms with van der Waals surface area (Å²) < 4.78 is 0. The lowest BCUT2D eigenvalue weighted by Gasteiger charge is -2.48. The van der Waals surface area contributed by atoms with Crippen LogP contribution in [-0.2, 0) is 10.3 Å². The molecule has 33 heavy (non-hydrogen) atoms. The quantitative estimate of drug-likeness (QED) is 0.760. The number of aromatic nitrogens is 2. The van der Waals surface area contributed by atoms with E-state index in [1.54, 1.807) is 24.3 Å². The summed E-state index contributed by atoms with van der Waals surface area (Å²) in [6, 6.07) is 10.6. The van der Waals surface area contributed by atoms with Gasteiger partial charge in [-0.3, -0.25) is 19.5 Å². The fraction of sp³-hybridized carbons (Fsp3) is 0.520. The van der Waals surface area contributed by atoms with Crippen LogP contribution >= 0.6 is 0 Å². The molecule has 2 aliphatic carbocycles. The zero-order valence-corrected chi connectivity index (χ0v) is 19.6. The van der Waals surface area contributed by atoms with E-state index in [-0.39, 0.29) is 28.9 Å². The molecular weight excluding hydrogens is 416 g/mol. The summed E-state index contributed by atoms with van der Waals surface area (Å²) in [4.78, 5) is 39.5. The maximum absolute atomic E-state index is 12.9.